The van der Waals surface area contributed by atoms with Crippen molar-refractivity contribution < 1.29 is 23.1 Å². The molecule has 0 unspecified atom stereocenters. The molecular weight excluding hydrogens is 311 g/mol. The number of carboxylic acids is 1. The molecule has 3 aromatic rings. The number of fused-ring (bicyclic) bond motifs is 1. The van der Waals surface area contributed by atoms with Crippen molar-refractivity contribution in [3.63, 3.8) is 0 Å². The molecular formula is C15H10F3N3O2. The molecule has 0 fully saturated rings. The van der Waals surface area contributed by atoms with Crippen LogP contribution in [0.2, 0.25) is 0 Å². The first-order chi connectivity index (χ1) is 10.8. The average molecular weight is 321 g/mol. The zero-order chi connectivity index (χ0) is 16.8. The van der Waals surface area contributed by atoms with Crippen molar-refractivity contribution in [1.29, 1.82) is 0 Å². The largest absolute Gasteiger partial charge is 0.477 e. The lowest BCUT2D eigenvalue weighted by Crippen LogP contribution is -2.05. The number of benzene rings is 1. The molecule has 1 N–H and O–H groups in total. The molecule has 8 heteroatoms. The van der Waals surface area contributed by atoms with Crippen LogP contribution in [0.4, 0.5) is 13.2 Å². The van der Waals surface area contributed by atoms with E-state index in [0.717, 1.165) is 12.1 Å². The number of alkyl halides is 3. The van der Waals surface area contributed by atoms with Crippen LogP contribution in [0, 0.1) is 0 Å². The summed E-state index contributed by atoms with van der Waals surface area (Å²) in [7, 11) is 1.58. The van der Waals surface area contributed by atoms with Gasteiger partial charge in [0.2, 0.25) is 0 Å². The second-order valence-corrected chi connectivity index (χ2v) is 4.94. The lowest BCUT2D eigenvalue weighted by Gasteiger charge is -2.10. The number of pyridine rings is 1. The smallest absolute Gasteiger partial charge is 0.416 e. The molecule has 0 radical (unpaired) electrons. The quantitative estimate of drug-likeness (QED) is 0.786. The number of aryl methyl sites for hydroxylation is 1. The minimum absolute atomic E-state index is 0.253. The second-order valence-electron chi connectivity index (χ2n) is 4.94. The Morgan fingerprint density at radius 1 is 1.26 bits per heavy atom. The number of aromatic carboxylic acids is 1. The van der Waals surface area contributed by atoms with Crippen LogP contribution in [0.15, 0.2) is 36.5 Å². The van der Waals surface area contributed by atoms with Crippen molar-refractivity contribution in [2.75, 3.05) is 0 Å². The van der Waals surface area contributed by atoms with Crippen LogP contribution >= 0.6 is 0 Å². The van der Waals surface area contributed by atoms with E-state index in [4.69, 9.17) is 5.11 Å². The van der Waals surface area contributed by atoms with E-state index in [9.17, 15) is 18.0 Å². The number of carboxylic acid groups (broad SMARTS) is 1. The van der Waals surface area contributed by atoms with Gasteiger partial charge in [0.1, 0.15) is 0 Å². The summed E-state index contributed by atoms with van der Waals surface area (Å²) in [5.74, 6) is -1.26. The summed E-state index contributed by atoms with van der Waals surface area (Å²) in [5, 5.41) is 13.6. The predicted octanol–water partition coefficient (Wildman–Crippen LogP) is 3.35. The zero-order valence-corrected chi connectivity index (χ0v) is 11.8. The fraction of sp³-hybridized carbons (Fsp3) is 0.133. The van der Waals surface area contributed by atoms with E-state index in [2.05, 4.69) is 10.1 Å². The van der Waals surface area contributed by atoms with E-state index in [1.165, 1.54) is 29.1 Å². The van der Waals surface area contributed by atoms with Crippen LogP contribution in [0.25, 0.3) is 22.2 Å². The van der Waals surface area contributed by atoms with E-state index in [1.807, 2.05) is 0 Å². The van der Waals surface area contributed by atoms with Crippen molar-refractivity contribution in [3.8, 4) is 11.1 Å². The number of rotatable bonds is 2. The normalized spacial score (nSPS) is 11.8. The average Bonchev–Trinajstić information content (AvgIpc) is 2.87. The molecule has 0 bridgehead atoms. The van der Waals surface area contributed by atoms with Crippen LogP contribution in [0.1, 0.15) is 16.1 Å². The van der Waals surface area contributed by atoms with Crippen LogP contribution in [-0.2, 0) is 13.2 Å². The van der Waals surface area contributed by atoms with Gasteiger partial charge < -0.3 is 5.11 Å². The Hall–Kier alpha value is -2.90. The third kappa shape index (κ3) is 2.63. The highest BCUT2D eigenvalue weighted by Crippen LogP contribution is 2.34. The molecule has 0 aliphatic heterocycles. The van der Waals surface area contributed by atoms with Gasteiger partial charge in [-0.05, 0) is 29.3 Å². The Bertz CT molecular complexity index is 916. The Morgan fingerprint density at radius 2 is 2.00 bits per heavy atom. The third-order valence-electron chi connectivity index (χ3n) is 3.43. The zero-order valence-electron chi connectivity index (χ0n) is 11.8. The Kier molecular flexibility index (Phi) is 3.32. The van der Waals surface area contributed by atoms with Crippen LogP contribution in [0.3, 0.4) is 0 Å². The van der Waals surface area contributed by atoms with Crippen molar-refractivity contribution >= 4 is 17.0 Å². The second kappa shape index (κ2) is 5.08. The maximum atomic E-state index is 12.9. The fourth-order valence-electron chi connectivity index (χ4n) is 2.33. The van der Waals surface area contributed by atoms with Gasteiger partial charge in [0, 0.05) is 12.4 Å². The highest BCUT2D eigenvalue weighted by Gasteiger charge is 2.30. The molecule has 2 heterocycles. The number of nitrogens with zero attached hydrogens (tertiary/aromatic N) is 3. The topological polar surface area (TPSA) is 68.0 Å². The van der Waals surface area contributed by atoms with Gasteiger partial charge in [0.25, 0.3) is 0 Å². The number of carbonyl (C=O) groups is 1. The summed E-state index contributed by atoms with van der Waals surface area (Å²) in [6.45, 7) is 0. The summed E-state index contributed by atoms with van der Waals surface area (Å²) in [5.41, 5.74) is -0.180. The maximum absolute atomic E-state index is 12.9. The molecule has 0 aliphatic rings. The number of hydrogen-bond donors (Lipinski definition) is 1. The number of halogens is 3. The van der Waals surface area contributed by atoms with Gasteiger partial charge in [-0.15, -0.1) is 0 Å². The summed E-state index contributed by atoms with van der Waals surface area (Å²) in [6.07, 6.45) is -3.03. The molecule has 23 heavy (non-hydrogen) atoms. The molecule has 0 atom stereocenters. The van der Waals surface area contributed by atoms with E-state index >= 15 is 0 Å². The van der Waals surface area contributed by atoms with E-state index in [1.54, 1.807) is 7.05 Å². The first-order valence-corrected chi connectivity index (χ1v) is 6.51. The molecule has 118 valence electrons. The van der Waals surface area contributed by atoms with Crippen LogP contribution in [-0.4, -0.2) is 25.8 Å². The SMILES string of the molecule is Cn1ncc2c(-c3cccc(C(F)(F)F)c3)cc(C(=O)O)nc21. The molecule has 0 aliphatic carbocycles. The van der Waals surface area contributed by atoms with Crippen molar-refractivity contribution in [2.24, 2.45) is 7.05 Å². The van der Waals surface area contributed by atoms with Gasteiger partial charge in [-0.3, -0.25) is 4.68 Å². The molecule has 0 saturated heterocycles. The first-order valence-electron chi connectivity index (χ1n) is 6.51. The summed E-state index contributed by atoms with van der Waals surface area (Å²) < 4.78 is 40.0. The van der Waals surface area contributed by atoms with Gasteiger partial charge in [0.05, 0.1) is 11.8 Å². The molecule has 0 saturated carbocycles. The standard InChI is InChI=1S/C15H10F3N3O2/c1-21-13-11(7-19-21)10(6-12(20-13)14(22)23)8-3-2-4-9(5-8)15(16,17)18/h2-7H,1H3,(H,22,23). The van der Waals surface area contributed by atoms with E-state index in [0.29, 0.717) is 10.9 Å². The Balaban J connectivity index is 2.29. The fourth-order valence-corrected chi connectivity index (χ4v) is 2.33. The molecule has 5 nitrogen and oxygen atoms in total. The molecule has 2 aromatic heterocycles. The highest BCUT2D eigenvalue weighted by molar-refractivity contribution is 5.97. The summed E-state index contributed by atoms with van der Waals surface area (Å²) >= 11 is 0. The lowest BCUT2D eigenvalue weighted by molar-refractivity contribution is -0.137. The van der Waals surface area contributed by atoms with Crippen molar-refractivity contribution in [3.05, 3.63) is 47.8 Å². The van der Waals surface area contributed by atoms with E-state index < -0.39 is 17.7 Å². The monoisotopic (exact) mass is 321 g/mol. The minimum Gasteiger partial charge on any atom is -0.477 e. The molecule has 3 rings (SSSR count). The lowest BCUT2D eigenvalue weighted by atomic mass is 10.0. The number of hydrogen-bond acceptors (Lipinski definition) is 3. The van der Waals surface area contributed by atoms with Gasteiger partial charge in [0.15, 0.2) is 11.3 Å². The first kappa shape index (κ1) is 15.0. The van der Waals surface area contributed by atoms with Gasteiger partial charge in [-0.2, -0.15) is 18.3 Å². The van der Waals surface area contributed by atoms with Crippen LogP contribution in [0.5, 0.6) is 0 Å². The molecule has 0 spiro atoms. The highest BCUT2D eigenvalue weighted by atomic mass is 19.4. The number of aromatic nitrogens is 3. The maximum Gasteiger partial charge on any atom is 0.416 e. The van der Waals surface area contributed by atoms with E-state index in [-0.39, 0.29) is 16.9 Å². The molecule has 0 amide bonds. The van der Waals surface area contributed by atoms with Crippen molar-refractivity contribution in [1.82, 2.24) is 14.8 Å². The summed E-state index contributed by atoms with van der Waals surface area (Å²) in [6, 6.07) is 5.96. The Labute approximate surface area is 128 Å². The third-order valence-corrected chi connectivity index (χ3v) is 3.43. The molecule has 1 aromatic carbocycles. The van der Waals surface area contributed by atoms with Gasteiger partial charge >= 0.3 is 12.1 Å². The van der Waals surface area contributed by atoms with Gasteiger partial charge in [-0.1, -0.05) is 12.1 Å². The van der Waals surface area contributed by atoms with Crippen LogP contribution < -0.4 is 0 Å². The summed E-state index contributed by atoms with van der Waals surface area (Å²) in [4.78, 5) is 15.2. The van der Waals surface area contributed by atoms with Crippen molar-refractivity contribution in [2.45, 2.75) is 6.18 Å². The van der Waals surface area contributed by atoms with Gasteiger partial charge in [-0.25, -0.2) is 9.78 Å². The minimum atomic E-state index is -4.48. The predicted molar refractivity (Wildman–Crippen MR) is 75.9 cm³/mol. The Morgan fingerprint density at radius 3 is 2.65 bits per heavy atom.